The molecule has 286 valence electrons. The molecule has 0 heterocycles. The Bertz CT molecular complexity index is 774. The number of unbranched alkanes of at least 4 members (excludes halogenated alkanes) is 17. The van der Waals surface area contributed by atoms with Crippen LogP contribution in [0.3, 0.4) is 0 Å². The minimum absolute atomic E-state index is 0.0971. The van der Waals surface area contributed by atoms with Crippen LogP contribution in [0.5, 0.6) is 0 Å². The lowest BCUT2D eigenvalue weighted by molar-refractivity contribution is -0.143. The first-order valence-electron chi connectivity index (χ1n) is 20.4. The first-order chi connectivity index (χ1) is 23.9. The molecule has 0 bridgehead atoms. The van der Waals surface area contributed by atoms with Crippen LogP contribution in [-0.2, 0) is 23.9 Å². The van der Waals surface area contributed by atoms with Crippen LogP contribution in [-0.4, -0.2) is 62.6 Å². The van der Waals surface area contributed by atoms with Gasteiger partial charge in [-0.1, -0.05) is 128 Å². The summed E-state index contributed by atoms with van der Waals surface area (Å²) < 4.78 is 10.7. The number of allylic oxidation sites excluding steroid dienone is 2. The molecule has 49 heavy (non-hydrogen) atoms. The summed E-state index contributed by atoms with van der Waals surface area (Å²) in [4.78, 5) is 38.9. The van der Waals surface area contributed by atoms with Crippen LogP contribution in [0.15, 0.2) is 24.3 Å². The van der Waals surface area contributed by atoms with E-state index < -0.39 is 0 Å². The van der Waals surface area contributed by atoms with Gasteiger partial charge in [0.1, 0.15) is 13.2 Å². The highest BCUT2D eigenvalue weighted by atomic mass is 16.5. The predicted octanol–water partition coefficient (Wildman–Crippen LogP) is 10.8. The fourth-order valence-corrected chi connectivity index (χ4v) is 5.86. The van der Waals surface area contributed by atoms with Gasteiger partial charge in [-0.05, 0) is 84.8 Å². The van der Waals surface area contributed by atoms with Crippen molar-refractivity contribution < 1.29 is 23.9 Å². The van der Waals surface area contributed by atoms with E-state index in [-0.39, 0.29) is 23.9 Å². The molecule has 0 aromatic rings. The molecule has 0 aromatic heterocycles. The van der Waals surface area contributed by atoms with E-state index in [1.807, 2.05) is 12.2 Å². The summed E-state index contributed by atoms with van der Waals surface area (Å²) in [6.07, 6.45) is 36.4. The summed E-state index contributed by atoms with van der Waals surface area (Å²) in [5, 5.41) is 3.34. The van der Waals surface area contributed by atoms with Crippen LogP contribution >= 0.6 is 0 Å². The van der Waals surface area contributed by atoms with Gasteiger partial charge < -0.3 is 19.7 Å². The molecule has 0 aliphatic carbocycles. The number of carbonyl (C=O) groups excluding carboxylic acids is 3. The summed E-state index contributed by atoms with van der Waals surface area (Å²) in [6, 6.07) is 0.228. The van der Waals surface area contributed by atoms with E-state index in [0.29, 0.717) is 32.5 Å². The third-order valence-electron chi connectivity index (χ3n) is 8.95. The average molecular weight is 691 g/mol. The molecule has 0 aliphatic rings. The van der Waals surface area contributed by atoms with Crippen LogP contribution in [0.25, 0.3) is 0 Å². The molecule has 0 spiro atoms. The monoisotopic (exact) mass is 691 g/mol. The van der Waals surface area contributed by atoms with Gasteiger partial charge in [-0.3, -0.25) is 14.4 Å². The lowest BCUT2D eigenvalue weighted by Gasteiger charge is -2.19. The Labute approximate surface area is 302 Å². The molecule has 0 rings (SSSR count). The van der Waals surface area contributed by atoms with Crippen molar-refractivity contribution in [2.24, 2.45) is 0 Å². The van der Waals surface area contributed by atoms with Crippen molar-refractivity contribution in [1.29, 1.82) is 0 Å². The van der Waals surface area contributed by atoms with Crippen LogP contribution in [0.1, 0.15) is 187 Å². The number of esters is 2. The smallest absolute Gasteiger partial charge is 0.306 e. The van der Waals surface area contributed by atoms with Gasteiger partial charge in [0.15, 0.2) is 0 Å². The van der Waals surface area contributed by atoms with E-state index in [0.717, 1.165) is 109 Å². The standard InChI is InChI=1S/C42H78N2O5/c1-5-7-9-11-13-21-29-37-48-41(46)34-25-19-15-17-23-31-39(43-40(45)33-27-28-36-44(3)4)32-24-18-16-20-26-35-42(47)49-38-30-22-14-12-10-8-6-2/h21-22,29-30,39H,5-20,23-28,31-38H2,1-4H3,(H,43,45). The summed E-state index contributed by atoms with van der Waals surface area (Å²) >= 11 is 0. The van der Waals surface area contributed by atoms with E-state index in [4.69, 9.17) is 9.47 Å². The van der Waals surface area contributed by atoms with Crippen molar-refractivity contribution in [3.05, 3.63) is 24.3 Å². The Kier molecular flexibility index (Phi) is 35.5. The van der Waals surface area contributed by atoms with Crippen molar-refractivity contribution in [2.75, 3.05) is 33.9 Å². The number of nitrogens with one attached hydrogen (secondary N) is 1. The Morgan fingerprint density at radius 1 is 0.531 bits per heavy atom. The van der Waals surface area contributed by atoms with E-state index in [1.54, 1.807) is 0 Å². The van der Waals surface area contributed by atoms with Crippen molar-refractivity contribution in [3.63, 3.8) is 0 Å². The molecule has 0 saturated heterocycles. The quantitative estimate of drug-likeness (QED) is 0.0400. The second kappa shape index (κ2) is 37.1. The zero-order valence-electron chi connectivity index (χ0n) is 32.6. The third kappa shape index (κ3) is 36.9. The first kappa shape index (κ1) is 46.9. The minimum Gasteiger partial charge on any atom is -0.461 e. The molecule has 0 saturated carbocycles. The van der Waals surface area contributed by atoms with Gasteiger partial charge in [-0.25, -0.2) is 0 Å². The van der Waals surface area contributed by atoms with Crippen molar-refractivity contribution >= 4 is 17.8 Å². The highest BCUT2D eigenvalue weighted by Crippen LogP contribution is 2.15. The van der Waals surface area contributed by atoms with Gasteiger partial charge in [0.05, 0.1) is 0 Å². The maximum absolute atomic E-state index is 12.7. The summed E-state index contributed by atoms with van der Waals surface area (Å²) in [5.74, 6) is -0.0150. The number of ether oxygens (including phenoxy) is 2. The second-order valence-corrected chi connectivity index (χ2v) is 14.1. The number of carbonyl (C=O) groups is 3. The maximum atomic E-state index is 12.7. The van der Waals surface area contributed by atoms with Crippen LogP contribution < -0.4 is 5.32 Å². The molecule has 0 radical (unpaired) electrons. The van der Waals surface area contributed by atoms with Gasteiger partial charge >= 0.3 is 11.9 Å². The summed E-state index contributed by atoms with van der Waals surface area (Å²) in [5.41, 5.74) is 0. The number of hydrogen-bond acceptors (Lipinski definition) is 6. The molecule has 7 heteroatoms. The van der Waals surface area contributed by atoms with E-state index in [2.05, 4.69) is 50.3 Å². The number of amides is 1. The van der Waals surface area contributed by atoms with Crippen molar-refractivity contribution in [2.45, 2.75) is 193 Å². The molecule has 0 fully saturated rings. The second-order valence-electron chi connectivity index (χ2n) is 14.1. The molecule has 1 N–H and O–H groups in total. The zero-order chi connectivity index (χ0) is 36.0. The molecule has 0 unspecified atom stereocenters. The molecule has 1 amide bonds. The van der Waals surface area contributed by atoms with Crippen LogP contribution in [0, 0.1) is 0 Å². The summed E-state index contributed by atoms with van der Waals surface area (Å²) in [7, 11) is 4.14. The molecule has 0 atom stereocenters. The Morgan fingerprint density at radius 3 is 1.43 bits per heavy atom. The largest absolute Gasteiger partial charge is 0.461 e. The van der Waals surface area contributed by atoms with E-state index >= 15 is 0 Å². The van der Waals surface area contributed by atoms with Gasteiger partial charge in [-0.2, -0.15) is 0 Å². The normalized spacial score (nSPS) is 12.3. The highest BCUT2D eigenvalue weighted by molar-refractivity contribution is 5.76. The fraction of sp³-hybridized carbons (Fsp3) is 0.833. The Balaban J connectivity index is 4.16. The van der Waals surface area contributed by atoms with E-state index in [1.165, 1.54) is 51.4 Å². The number of hydrogen-bond donors (Lipinski definition) is 1. The first-order valence-corrected chi connectivity index (χ1v) is 20.4. The van der Waals surface area contributed by atoms with E-state index in [9.17, 15) is 14.4 Å². The van der Waals surface area contributed by atoms with Gasteiger partial charge in [-0.15, -0.1) is 0 Å². The Morgan fingerprint density at radius 2 is 0.959 bits per heavy atom. The molecular formula is C42H78N2O5. The maximum Gasteiger partial charge on any atom is 0.306 e. The topological polar surface area (TPSA) is 84.9 Å². The van der Waals surface area contributed by atoms with Gasteiger partial charge in [0.25, 0.3) is 0 Å². The van der Waals surface area contributed by atoms with Crippen molar-refractivity contribution in [1.82, 2.24) is 10.2 Å². The summed E-state index contributed by atoms with van der Waals surface area (Å²) in [6.45, 7) is 6.23. The minimum atomic E-state index is -0.0971. The third-order valence-corrected chi connectivity index (χ3v) is 8.95. The number of rotatable bonds is 36. The highest BCUT2D eigenvalue weighted by Gasteiger charge is 2.12. The zero-order valence-corrected chi connectivity index (χ0v) is 32.6. The van der Waals surface area contributed by atoms with Crippen LogP contribution in [0.4, 0.5) is 0 Å². The van der Waals surface area contributed by atoms with Crippen molar-refractivity contribution in [3.8, 4) is 0 Å². The molecule has 0 aromatic carbocycles. The van der Waals surface area contributed by atoms with Gasteiger partial charge in [0.2, 0.25) is 5.91 Å². The lowest BCUT2D eigenvalue weighted by Crippen LogP contribution is -2.34. The SMILES string of the molecule is CCCCCCC=CCOC(=O)CCCCCCCC(CCCCCCCC(=O)OCC=CCCCCCC)NC(=O)CCCCN(C)C. The predicted molar refractivity (Wildman–Crippen MR) is 207 cm³/mol. The molecular weight excluding hydrogens is 612 g/mol. The molecule has 7 nitrogen and oxygen atoms in total. The lowest BCUT2D eigenvalue weighted by atomic mass is 9.99. The Hall–Kier alpha value is -2.15. The fourth-order valence-electron chi connectivity index (χ4n) is 5.86. The average Bonchev–Trinajstić information content (AvgIpc) is 3.07. The molecule has 0 aliphatic heterocycles. The van der Waals surface area contributed by atoms with Gasteiger partial charge in [0, 0.05) is 25.3 Å². The van der Waals surface area contributed by atoms with Crippen LogP contribution in [0.2, 0.25) is 0 Å². The number of nitrogens with zero attached hydrogens (tertiary/aromatic N) is 1.